The summed E-state index contributed by atoms with van der Waals surface area (Å²) in [7, 11) is -2.31. The van der Waals surface area contributed by atoms with Gasteiger partial charge >= 0.3 is 0 Å². The molecule has 0 fully saturated rings. The molecule has 0 N–H and O–H groups in total. The Morgan fingerprint density at radius 1 is 1.78 bits per heavy atom. The molecule has 0 aromatic carbocycles. The van der Waals surface area contributed by atoms with Crippen molar-refractivity contribution >= 4 is 7.37 Å². The maximum absolute atomic E-state index is 11.1. The average Bonchev–Trinajstić information content (AvgIpc) is 1.64. The number of rotatable bonds is 4. The molecule has 3 heteroatoms. The van der Waals surface area contributed by atoms with Gasteiger partial charge in [0.1, 0.15) is 0 Å². The molecule has 0 rings (SSSR count). The zero-order chi connectivity index (χ0) is 7.33. The van der Waals surface area contributed by atoms with Gasteiger partial charge in [-0.3, -0.25) is 4.57 Å². The average molecular weight is 148 g/mol. The molecular formula is C6H13O2P. The van der Waals surface area contributed by atoms with Crippen LogP contribution in [0.5, 0.6) is 0 Å². The van der Waals surface area contributed by atoms with Gasteiger partial charge in [-0.1, -0.05) is 13.5 Å². The number of hydrogen-bond donors (Lipinski definition) is 0. The van der Waals surface area contributed by atoms with Crippen molar-refractivity contribution in [1.82, 2.24) is 0 Å². The molecule has 0 aliphatic carbocycles. The van der Waals surface area contributed by atoms with Crippen LogP contribution in [0.25, 0.3) is 0 Å². The van der Waals surface area contributed by atoms with E-state index in [4.69, 9.17) is 4.52 Å². The topological polar surface area (TPSA) is 26.3 Å². The van der Waals surface area contributed by atoms with Crippen LogP contribution in [0, 0.1) is 0 Å². The molecule has 0 radical (unpaired) electrons. The summed E-state index contributed by atoms with van der Waals surface area (Å²) in [6, 6.07) is 0. The predicted molar refractivity (Wildman–Crippen MR) is 40.0 cm³/mol. The lowest BCUT2D eigenvalue weighted by Gasteiger charge is -2.08. The Balaban J connectivity index is 3.71. The molecule has 0 bridgehead atoms. The first-order valence-electron chi connectivity index (χ1n) is 2.98. The second kappa shape index (κ2) is 3.73. The van der Waals surface area contributed by atoms with E-state index in [1.165, 1.54) is 6.26 Å². The van der Waals surface area contributed by atoms with Crippen LogP contribution in [0.4, 0.5) is 0 Å². The number of hydrogen-bond acceptors (Lipinski definition) is 2. The lowest BCUT2D eigenvalue weighted by atomic mass is 10.6. The van der Waals surface area contributed by atoms with E-state index in [2.05, 4.69) is 6.58 Å². The van der Waals surface area contributed by atoms with Gasteiger partial charge in [-0.25, -0.2) is 0 Å². The summed E-state index contributed by atoms with van der Waals surface area (Å²) in [5.74, 6) is 0. The normalized spacial score (nSPS) is 16.2. The zero-order valence-corrected chi connectivity index (χ0v) is 6.86. The third-order valence-corrected chi connectivity index (χ3v) is 2.78. The maximum Gasteiger partial charge on any atom is 0.244 e. The van der Waals surface area contributed by atoms with E-state index in [0.29, 0.717) is 6.16 Å². The van der Waals surface area contributed by atoms with Crippen molar-refractivity contribution in [1.29, 1.82) is 0 Å². The molecule has 1 unspecified atom stereocenters. The first kappa shape index (κ1) is 8.77. The quantitative estimate of drug-likeness (QED) is 0.452. The first-order chi connectivity index (χ1) is 4.12. The standard InChI is InChI=1S/C6H13O2P/c1-4-6-9(3,7)8-5-2/h5H,2,4,6H2,1,3H3. The minimum absolute atomic E-state index is 0.638. The fourth-order valence-corrected chi connectivity index (χ4v) is 1.85. The largest absolute Gasteiger partial charge is 0.451 e. The van der Waals surface area contributed by atoms with Crippen molar-refractivity contribution in [2.45, 2.75) is 13.3 Å². The molecule has 1 atom stereocenters. The second-order valence-corrected chi connectivity index (χ2v) is 4.70. The van der Waals surface area contributed by atoms with Crippen LogP contribution in [-0.2, 0) is 9.09 Å². The first-order valence-corrected chi connectivity index (χ1v) is 5.24. The fraction of sp³-hybridized carbons (Fsp3) is 0.667. The van der Waals surface area contributed by atoms with E-state index < -0.39 is 7.37 Å². The summed E-state index contributed by atoms with van der Waals surface area (Å²) in [5.41, 5.74) is 0. The van der Waals surface area contributed by atoms with Crippen LogP contribution in [0.15, 0.2) is 12.8 Å². The lowest BCUT2D eigenvalue weighted by Crippen LogP contribution is -1.86. The maximum atomic E-state index is 11.1. The van der Waals surface area contributed by atoms with Gasteiger partial charge in [0, 0.05) is 12.8 Å². The van der Waals surface area contributed by atoms with Crippen LogP contribution in [0.3, 0.4) is 0 Å². The Bertz CT molecular complexity index is 131. The van der Waals surface area contributed by atoms with E-state index in [9.17, 15) is 4.57 Å². The van der Waals surface area contributed by atoms with E-state index in [0.717, 1.165) is 6.42 Å². The van der Waals surface area contributed by atoms with Gasteiger partial charge in [-0.2, -0.15) is 0 Å². The molecule has 0 aliphatic rings. The van der Waals surface area contributed by atoms with Gasteiger partial charge in [-0.15, -0.1) is 0 Å². The zero-order valence-electron chi connectivity index (χ0n) is 5.96. The summed E-state index contributed by atoms with van der Waals surface area (Å²) in [5, 5.41) is 0. The Morgan fingerprint density at radius 2 is 2.33 bits per heavy atom. The van der Waals surface area contributed by atoms with Gasteiger partial charge in [0.25, 0.3) is 0 Å². The molecule has 0 saturated carbocycles. The van der Waals surface area contributed by atoms with Crippen LogP contribution >= 0.6 is 7.37 Å². The van der Waals surface area contributed by atoms with Crippen LogP contribution < -0.4 is 0 Å². The van der Waals surface area contributed by atoms with E-state index in [-0.39, 0.29) is 0 Å². The Labute approximate surface area is 56.4 Å². The third-order valence-electron chi connectivity index (χ3n) is 0.927. The predicted octanol–water partition coefficient (Wildman–Crippen LogP) is 2.46. The molecule has 2 nitrogen and oxygen atoms in total. The third kappa shape index (κ3) is 4.28. The Kier molecular flexibility index (Phi) is 3.64. The van der Waals surface area contributed by atoms with Gasteiger partial charge in [0.05, 0.1) is 6.26 Å². The SMILES string of the molecule is C=COP(C)(=O)CCC. The van der Waals surface area contributed by atoms with Crippen molar-refractivity contribution in [3.63, 3.8) is 0 Å². The molecule has 0 heterocycles. The highest BCUT2D eigenvalue weighted by Crippen LogP contribution is 2.42. The molecule has 0 aliphatic heterocycles. The molecule has 0 aromatic rings. The highest BCUT2D eigenvalue weighted by atomic mass is 31.2. The summed E-state index contributed by atoms with van der Waals surface area (Å²) >= 11 is 0. The van der Waals surface area contributed by atoms with Crippen molar-refractivity contribution in [2.24, 2.45) is 0 Å². The molecule has 0 saturated heterocycles. The highest BCUT2D eigenvalue weighted by Gasteiger charge is 2.11. The van der Waals surface area contributed by atoms with Crippen LogP contribution in [0.2, 0.25) is 0 Å². The van der Waals surface area contributed by atoms with Gasteiger partial charge in [-0.05, 0) is 6.42 Å². The molecule has 9 heavy (non-hydrogen) atoms. The minimum Gasteiger partial charge on any atom is -0.451 e. The molecule has 0 aromatic heterocycles. The van der Waals surface area contributed by atoms with E-state index in [1.807, 2.05) is 6.92 Å². The van der Waals surface area contributed by atoms with Crippen LogP contribution in [-0.4, -0.2) is 12.8 Å². The van der Waals surface area contributed by atoms with Crippen molar-refractivity contribution in [3.8, 4) is 0 Å². The smallest absolute Gasteiger partial charge is 0.244 e. The van der Waals surface area contributed by atoms with Crippen LogP contribution in [0.1, 0.15) is 13.3 Å². The van der Waals surface area contributed by atoms with Crippen molar-refractivity contribution < 1.29 is 9.09 Å². The van der Waals surface area contributed by atoms with Crippen molar-refractivity contribution in [2.75, 3.05) is 12.8 Å². The molecule has 0 spiro atoms. The van der Waals surface area contributed by atoms with Crippen molar-refractivity contribution in [3.05, 3.63) is 12.8 Å². The monoisotopic (exact) mass is 148 g/mol. The minimum atomic E-state index is -2.31. The fourth-order valence-electron chi connectivity index (χ4n) is 0.617. The highest BCUT2D eigenvalue weighted by molar-refractivity contribution is 7.58. The lowest BCUT2D eigenvalue weighted by molar-refractivity contribution is 0.446. The van der Waals surface area contributed by atoms with E-state index in [1.54, 1.807) is 6.66 Å². The summed E-state index contributed by atoms with van der Waals surface area (Å²) in [4.78, 5) is 0. The van der Waals surface area contributed by atoms with Gasteiger partial charge < -0.3 is 4.52 Å². The Hall–Kier alpha value is -0.230. The summed E-state index contributed by atoms with van der Waals surface area (Å²) in [6.07, 6.45) is 2.77. The Morgan fingerprint density at radius 3 is 2.67 bits per heavy atom. The van der Waals surface area contributed by atoms with E-state index >= 15 is 0 Å². The van der Waals surface area contributed by atoms with Gasteiger partial charge in [0.15, 0.2) is 0 Å². The second-order valence-electron chi connectivity index (χ2n) is 2.01. The molecule has 0 amide bonds. The molecule has 54 valence electrons. The summed E-state index contributed by atoms with van der Waals surface area (Å²) in [6.45, 7) is 6.93. The van der Waals surface area contributed by atoms with Gasteiger partial charge in [0.2, 0.25) is 7.37 Å². The molecular weight excluding hydrogens is 135 g/mol. The summed E-state index contributed by atoms with van der Waals surface area (Å²) < 4.78 is 15.9.